The molecule has 4 heteroatoms. The molecule has 0 spiro atoms. The molecule has 0 aliphatic carbocycles. The summed E-state index contributed by atoms with van der Waals surface area (Å²) in [6.45, 7) is 1.96. The largest absolute Gasteiger partial charge is 0.466 e. The highest BCUT2D eigenvalue weighted by molar-refractivity contribution is 5.81. The minimum atomic E-state index is -0.533. The van der Waals surface area contributed by atoms with Crippen LogP contribution in [0.1, 0.15) is 25.0 Å². The first kappa shape index (κ1) is 14.8. The van der Waals surface area contributed by atoms with Gasteiger partial charge in [0.25, 0.3) is 0 Å². The Labute approximate surface area is 119 Å². The van der Waals surface area contributed by atoms with Gasteiger partial charge in [0.15, 0.2) is 0 Å². The lowest BCUT2D eigenvalue weighted by Crippen LogP contribution is -2.22. The first-order chi connectivity index (χ1) is 9.63. The van der Waals surface area contributed by atoms with Crippen molar-refractivity contribution in [2.24, 2.45) is 5.92 Å². The Morgan fingerprint density at radius 3 is 2.80 bits per heavy atom. The Balaban J connectivity index is 1.82. The average molecular weight is 276 g/mol. The van der Waals surface area contributed by atoms with Crippen LogP contribution in [0.25, 0.3) is 0 Å². The third-order valence-electron chi connectivity index (χ3n) is 3.61. The summed E-state index contributed by atoms with van der Waals surface area (Å²) in [5.74, 6) is -0.391. The van der Waals surface area contributed by atoms with Crippen molar-refractivity contribution in [1.29, 1.82) is 0 Å². The first-order valence-electron chi connectivity index (χ1n) is 6.76. The summed E-state index contributed by atoms with van der Waals surface area (Å²) >= 11 is 0. The maximum absolute atomic E-state index is 10.9. The van der Waals surface area contributed by atoms with Gasteiger partial charge in [-0.2, -0.15) is 0 Å². The molecule has 4 atom stereocenters. The number of carbonyl (C=O) groups is 1. The number of benzene rings is 1. The molecule has 1 fully saturated rings. The molecule has 0 unspecified atom stereocenters. The molecular formula is C16H20O4. The second-order valence-electron chi connectivity index (χ2n) is 5.02. The first-order valence-corrected chi connectivity index (χ1v) is 6.76. The van der Waals surface area contributed by atoms with Crippen LogP contribution in [0.5, 0.6) is 0 Å². The molecule has 108 valence electrons. The van der Waals surface area contributed by atoms with E-state index in [9.17, 15) is 9.90 Å². The van der Waals surface area contributed by atoms with Crippen LogP contribution in [-0.2, 0) is 14.3 Å². The van der Waals surface area contributed by atoms with Crippen LogP contribution < -0.4 is 0 Å². The van der Waals surface area contributed by atoms with Gasteiger partial charge in [-0.15, -0.1) is 0 Å². The van der Waals surface area contributed by atoms with Gasteiger partial charge in [0.1, 0.15) is 6.10 Å². The number of epoxide rings is 1. The summed E-state index contributed by atoms with van der Waals surface area (Å²) < 4.78 is 10.2. The molecule has 1 saturated heterocycles. The van der Waals surface area contributed by atoms with Gasteiger partial charge in [0.2, 0.25) is 0 Å². The molecule has 1 aliphatic rings. The number of rotatable bonds is 6. The van der Waals surface area contributed by atoms with E-state index in [0.29, 0.717) is 6.42 Å². The maximum atomic E-state index is 10.9. The fraction of sp³-hybridized carbons (Fsp3) is 0.438. The zero-order valence-electron chi connectivity index (χ0n) is 11.7. The van der Waals surface area contributed by atoms with E-state index in [2.05, 4.69) is 4.74 Å². The molecule has 1 heterocycles. The highest BCUT2D eigenvalue weighted by Gasteiger charge is 2.45. The van der Waals surface area contributed by atoms with Crippen LogP contribution in [0.4, 0.5) is 0 Å². The molecule has 0 radical (unpaired) electrons. The molecule has 1 aliphatic heterocycles. The molecule has 0 bridgehead atoms. The van der Waals surface area contributed by atoms with Crippen molar-refractivity contribution < 1.29 is 19.4 Å². The summed E-state index contributed by atoms with van der Waals surface area (Å²) in [5, 5.41) is 10.1. The second kappa shape index (κ2) is 6.68. The molecule has 0 amide bonds. The highest BCUT2D eigenvalue weighted by atomic mass is 16.6. The molecule has 1 aromatic rings. The molecule has 2 rings (SSSR count). The predicted octanol–water partition coefficient (Wildman–Crippen LogP) is 2.24. The van der Waals surface area contributed by atoms with Crippen molar-refractivity contribution in [1.82, 2.24) is 0 Å². The summed E-state index contributed by atoms with van der Waals surface area (Å²) in [5.41, 5.74) is 1.14. The number of aliphatic hydroxyl groups is 1. The standard InChI is InChI=1S/C16H20O4/c1-11(13(17)9-6-10-14(18)19-2)15-16(20-15)12-7-4-3-5-8-12/h3-8,10-11,13,15-17H,9H2,1-2H3/b10-6+/t11-,13-,15+,16+/m0/s1. The van der Waals surface area contributed by atoms with Crippen molar-refractivity contribution in [3.63, 3.8) is 0 Å². The lowest BCUT2D eigenvalue weighted by atomic mass is 9.94. The SMILES string of the molecule is COC(=O)/C=C/C[C@H](O)[C@H](C)[C@H]1O[C@@H]1c1ccccc1. The van der Waals surface area contributed by atoms with Crippen molar-refractivity contribution in [3.8, 4) is 0 Å². The second-order valence-corrected chi connectivity index (χ2v) is 5.02. The molecule has 1 aromatic carbocycles. The fourth-order valence-electron chi connectivity index (χ4n) is 2.24. The lowest BCUT2D eigenvalue weighted by molar-refractivity contribution is -0.134. The van der Waals surface area contributed by atoms with E-state index in [1.54, 1.807) is 6.08 Å². The van der Waals surface area contributed by atoms with Gasteiger partial charge in [-0.25, -0.2) is 4.79 Å². The highest BCUT2D eigenvalue weighted by Crippen LogP contribution is 2.44. The van der Waals surface area contributed by atoms with Gasteiger partial charge in [-0.1, -0.05) is 43.3 Å². The van der Waals surface area contributed by atoms with E-state index in [1.165, 1.54) is 13.2 Å². The van der Waals surface area contributed by atoms with Crippen LogP contribution in [-0.4, -0.2) is 30.4 Å². The zero-order valence-corrected chi connectivity index (χ0v) is 11.7. The minimum Gasteiger partial charge on any atom is -0.466 e. The van der Waals surface area contributed by atoms with E-state index in [-0.39, 0.29) is 18.1 Å². The quantitative estimate of drug-likeness (QED) is 0.492. The van der Waals surface area contributed by atoms with E-state index >= 15 is 0 Å². The van der Waals surface area contributed by atoms with E-state index < -0.39 is 12.1 Å². The number of aliphatic hydroxyl groups excluding tert-OH is 1. The average Bonchev–Trinajstić information content (AvgIpc) is 3.27. The van der Waals surface area contributed by atoms with Gasteiger partial charge in [0, 0.05) is 12.0 Å². The molecule has 4 nitrogen and oxygen atoms in total. The summed E-state index contributed by atoms with van der Waals surface area (Å²) in [6, 6.07) is 9.99. The van der Waals surface area contributed by atoms with Gasteiger partial charge < -0.3 is 14.6 Å². The Bertz CT molecular complexity index is 469. The van der Waals surface area contributed by atoms with Gasteiger partial charge in [-0.3, -0.25) is 0 Å². The maximum Gasteiger partial charge on any atom is 0.330 e. The van der Waals surface area contributed by atoms with Crippen LogP contribution in [0.2, 0.25) is 0 Å². The number of ether oxygens (including phenoxy) is 2. The van der Waals surface area contributed by atoms with Gasteiger partial charge >= 0.3 is 5.97 Å². The van der Waals surface area contributed by atoms with Crippen molar-refractivity contribution in [2.75, 3.05) is 7.11 Å². The molecule has 0 saturated carbocycles. The monoisotopic (exact) mass is 276 g/mol. The smallest absolute Gasteiger partial charge is 0.330 e. The van der Waals surface area contributed by atoms with Crippen molar-refractivity contribution >= 4 is 5.97 Å². The summed E-state index contributed by atoms with van der Waals surface area (Å²) in [4.78, 5) is 10.9. The molecular weight excluding hydrogens is 256 g/mol. The normalized spacial score (nSPS) is 24.4. The minimum absolute atomic E-state index is 0.0162. The van der Waals surface area contributed by atoms with E-state index in [4.69, 9.17) is 4.74 Å². The number of carbonyl (C=O) groups excluding carboxylic acids is 1. The fourth-order valence-corrected chi connectivity index (χ4v) is 2.24. The number of esters is 1. The van der Waals surface area contributed by atoms with E-state index in [0.717, 1.165) is 5.56 Å². The molecule has 1 N–H and O–H groups in total. The molecule has 0 aromatic heterocycles. The topological polar surface area (TPSA) is 59.1 Å². The predicted molar refractivity (Wildman–Crippen MR) is 75.0 cm³/mol. The van der Waals surface area contributed by atoms with Gasteiger partial charge in [-0.05, 0) is 12.0 Å². The van der Waals surface area contributed by atoms with Crippen molar-refractivity contribution in [2.45, 2.75) is 31.7 Å². The van der Waals surface area contributed by atoms with E-state index in [1.807, 2.05) is 37.3 Å². The number of methoxy groups -OCH3 is 1. The van der Waals surface area contributed by atoms with Crippen LogP contribution in [0, 0.1) is 5.92 Å². The van der Waals surface area contributed by atoms with Gasteiger partial charge in [0.05, 0.1) is 19.3 Å². The Morgan fingerprint density at radius 1 is 1.45 bits per heavy atom. The summed E-state index contributed by atoms with van der Waals surface area (Å²) in [6.07, 6.45) is 2.96. The third kappa shape index (κ3) is 3.68. The third-order valence-corrected chi connectivity index (χ3v) is 3.61. The lowest BCUT2D eigenvalue weighted by Gasteiger charge is -2.15. The number of hydrogen-bond donors (Lipinski definition) is 1. The van der Waals surface area contributed by atoms with Crippen LogP contribution in [0.15, 0.2) is 42.5 Å². The Morgan fingerprint density at radius 2 is 2.15 bits per heavy atom. The zero-order chi connectivity index (χ0) is 14.5. The molecule has 20 heavy (non-hydrogen) atoms. The summed E-state index contributed by atoms with van der Waals surface area (Å²) in [7, 11) is 1.33. The van der Waals surface area contributed by atoms with Crippen LogP contribution in [0.3, 0.4) is 0 Å². The van der Waals surface area contributed by atoms with Crippen molar-refractivity contribution in [3.05, 3.63) is 48.0 Å². The number of hydrogen-bond acceptors (Lipinski definition) is 4. The Kier molecular flexibility index (Phi) is 4.93. The Hall–Kier alpha value is -1.65. The van der Waals surface area contributed by atoms with Crippen LogP contribution >= 0.6 is 0 Å².